The largest absolute Gasteiger partial charge is 0.357 e. The van der Waals surface area contributed by atoms with Crippen molar-refractivity contribution in [3.05, 3.63) is 35.9 Å². The molecule has 7 heteroatoms. The van der Waals surface area contributed by atoms with Gasteiger partial charge in [-0.3, -0.25) is 14.7 Å². The first-order chi connectivity index (χ1) is 15.7. The normalized spacial score (nSPS) is 23.8. The molecule has 3 fully saturated rings. The SMILES string of the molecule is CCNC(=NCCCNC(=O)C1CCC1)N1CCC2C(CCCN2Cc2ccccc2)C1.I. The van der Waals surface area contributed by atoms with Crippen molar-refractivity contribution in [2.24, 2.45) is 16.8 Å². The molecule has 2 atom stereocenters. The van der Waals surface area contributed by atoms with Crippen LogP contribution in [-0.4, -0.2) is 67.0 Å². The Morgan fingerprint density at radius 3 is 2.61 bits per heavy atom. The van der Waals surface area contributed by atoms with E-state index >= 15 is 0 Å². The summed E-state index contributed by atoms with van der Waals surface area (Å²) >= 11 is 0. The predicted octanol–water partition coefficient (Wildman–Crippen LogP) is 3.86. The molecule has 6 nitrogen and oxygen atoms in total. The number of halogens is 1. The highest BCUT2D eigenvalue weighted by molar-refractivity contribution is 14.0. The minimum Gasteiger partial charge on any atom is -0.357 e. The second-order valence-electron chi connectivity index (χ2n) is 9.67. The molecular formula is C26H42IN5O. The maximum absolute atomic E-state index is 12.0. The molecule has 1 aromatic carbocycles. The molecule has 1 aliphatic carbocycles. The van der Waals surface area contributed by atoms with Gasteiger partial charge < -0.3 is 15.5 Å². The maximum Gasteiger partial charge on any atom is 0.223 e. The van der Waals surface area contributed by atoms with E-state index in [1.165, 1.54) is 37.8 Å². The summed E-state index contributed by atoms with van der Waals surface area (Å²) in [6, 6.07) is 11.6. The van der Waals surface area contributed by atoms with E-state index in [0.717, 1.165) is 64.5 Å². The fourth-order valence-corrected chi connectivity index (χ4v) is 5.43. The molecule has 184 valence electrons. The number of guanidine groups is 1. The number of likely N-dealkylation sites (tertiary alicyclic amines) is 2. The van der Waals surface area contributed by atoms with E-state index in [0.29, 0.717) is 12.0 Å². The lowest BCUT2D eigenvalue weighted by Crippen LogP contribution is -2.56. The first-order valence-corrected chi connectivity index (χ1v) is 12.8. The zero-order chi connectivity index (χ0) is 22.2. The van der Waals surface area contributed by atoms with Crippen molar-refractivity contribution in [2.75, 3.05) is 39.3 Å². The van der Waals surface area contributed by atoms with Gasteiger partial charge in [0.15, 0.2) is 5.96 Å². The van der Waals surface area contributed by atoms with Gasteiger partial charge in [-0.2, -0.15) is 0 Å². The summed E-state index contributed by atoms with van der Waals surface area (Å²) in [5, 5.41) is 6.59. The second-order valence-corrected chi connectivity index (χ2v) is 9.67. The van der Waals surface area contributed by atoms with Crippen molar-refractivity contribution < 1.29 is 4.79 Å². The highest BCUT2D eigenvalue weighted by atomic mass is 127. The number of nitrogens with zero attached hydrogens (tertiary/aromatic N) is 3. The summed E-state index contributed by atoms with van der Waals surface area (Å²) in [4.78, 5) is 22.1. The van der Waals surface area contributed by atoms with E-state index in [4.69, 9.17) is 4.99 Å². The first kappa shape index (κ1) is 26.3. The molecule has 2 N–H and O–H groups in total. The first-order valence-electron chi connectivity index (χ1n) is 12.8. The number of aliphatic imine (C=N–C) groups is 1. The number of carbonyl (C=O) groups excluding carboxylic acids is 1. The van der Waals surface area contributed by atoms with E-state index < -0.39 is 0 Å². The van der Waals surface area contributed by atoms with Crippen LogP contribution in [0.25, 0.3) is 0 Å². The van der Waals surface area contributed by atoms with Crippen LogP contribution in [0.1, 0.15) is 57.4 Å². The van der Waals surface area contributed by atoms with Gasteiger partial charge in [0.2, 0.25) is 5.91 Å². The minimum absolute atomic E-state index is 0. The van der Waals surface area contributed by atoms with Crippen LogP contribution < -0.4 is 10.6 Å². The average molecular weight is 568 g/mol. The van der Waals surface area contributed by atoms with Crippen molar-refractivity contribution in [3.63, 3.8) is 0 Å². The van der Waals surface area contributed by atoms with Gasteiger partial charge >= 0.3 is 0 Å². The molecule has 33 heavy (non-hydrogen) atoms. The van der Waals surface area contributed by atoms with E-state index in [-0.39, 0.29) is 35.8 Å². The molecule has 0 aromatic heterocycles. The molecule has 0 spiro atoms. The van der Waals surface area contributed by atoms with Crippen LogP contribution in [0.3, 0.4) is 0 Å². The summed E-state index contributed by atoms with van der Waals surface area (Å²) in [6.07, 6.45) is 8.05. The zero-order valence-electron chi connectivity index (χ0n) is 20.2. The van der Waals surface area contributed by atoms with Crippen LogP contribution in [0.2, 0.25) is 0 Å². The van der Waals surface area contributed by atoms with Gasteiger partial charge in [-0.1, -0.05) is 36.8 Å². The Kier molecular flexibility index (Phi) is 10.8. The van der Waals surface area contributed by atoms with Gasteiger partial charge in [-0.05, 0) is 63.5 Å². The number of nitrogens with one attached hydrogen (secondary N) is 2. The number of benzene rings is 1. The number of carbonyl (C=O) groups is 1. The van der Waals surface area contributed by atoms with E-state index in [1.807, 2.05) is 0 Å². The van der Waals surface area contributed by atoms with Crippen molar-refractivity contribution in [1.82, 2.24) is 20.4 Å². The zero-order valence-corrected chi connectivity index (χ0v) is 22.5. The summed E-state index contributed by atoms with van der Waals surface area (Å²) in [6.45, 7) is 8.98. The Bertz CT molecular complexity index is 754. The smallest absolute Gasteiger partial charge is 0.223 e. The van der Waals surface area contributed by atoms with Gasteiger partial charge in [0.05, 0.1) is 0 Å². The molecule has 2 heterocycles. The van der Waals surface area contributed by atoms with Crippen LogP contribution in [0, 0.1) is 11.8 Å². The summed E-state index contributed by atoms with van der Waals surface area (Å²) in [7, 11) is 0. The van der Waals surface area contributed by atoms with Crippen molar-refractivity contribution in [1.29, 1.82) is 0 Å². The van der Waals surface area contributed by atoms with Crippen molar-refractivity contribution >= 4 is 35.8 Å². The van der Waals surface area contributed by atoms with Gasteiger partial charge in [-0.15, -0.1) is 24.0 Å². The quantitative estimate of drug-likeness (QED) is 0.217. The second kappa shape index (κ2) is 13.5. The highest BCUT2D eigenvalue weighted by Gasteiger charge is 2.36. The van der Waals surface area contributed by atoms with E-state index in [2.05, 4.69) is 57.7 Å². The fourth-order valence-electron chi connectivity index (χ4n) is 5.43. The van der Waals surface area contributed by atoms with Crippen LogP contribution in [0.4, 0.5) is 0 Å². The number of fused-ring (bicyclic) bond motifs is 1. The molecule has 2 saturated heterocycles. The lowest BCUT2D eigenvalue weighted by molar-refractivity contribution is -0.127. The Balaban J connectivity index is 0.00000306. The van der Waals surface area contributed by atoms with Crippen LogP contribution >= 0.6 is 24.0 Å². The predicted molar refractivity (Wildman–Crippen MR) is 146 cm³/mol. The third-order valence-electron chi connectivity index (χ3n) is 7.42. The molecule has 1 amide bonds. The van der Waals surface area contributed by atoms with Crippen molar-refractivity contribution in [3.8, 4) is 0 Å². The summed E-state index contributed by atoms with van der Waals surface area (Å²) < 4.78 is 0. The Labute approximate surface area is 217 Å². The van der Waals surface area contributed by atoms with Crippen LogP contribution in [-0.2, 0) is 11.3 Å². The lowest BCUT2D eigenvalue weighted by Gasteiger charge is -2.48. The topological polar surface area (TPSA) is 60.0 Å². The Morgan fingerprint density at radius 2 is 1.88 bits per heavy atom. The molecule has 2 unspecified atom stereocenters. The highest BCUT2D eigenvalue weighted by Crippen LogP contribution is 2.31. The Morgan fingerprint density at radius 1 is 1.06 bits per heavy atom. The number of amides is 1. The van der Waals surface area contributed by atoms with E-state index in [9.17, 15) is 4.79 Å². The molecular weight excluding hydrogens is 525 g/mol. The lowest BCUT2D eigenvalue weighted by atomic mass is 9.83. The monoisotopic (exact) mass is 567 g/mol. The molecule has 1 saturated carbocycles. The third-order valence-corrected chi connectivity index (χ3v) is 7.42. The average Bonchev–Trinajstić information content (AvgIpc) is 2.77. The number of rotatable bonds is 8. The fraction of sp³-hybridized carbons (Fsp3) is 0.692. The van der Waals surface area contributed by atoms with Gasteiger partial charge in [-0.25, -0.2) is 0 Å². The van der Waals surface area contributed by atoms with Gasteiger partial charge in [0, 0.05) is 51.2 Å². The molecule has 1 aromatic rings. The summed E-state index contributed by atoms with van der Waals surface area (Å²) in [5.41, 5.74) is 1.43. The molecule has 0 radical (unpaired) electrons. The molecule has 3 aliphatic rings. The molecule has 2 aliphatic heterocycles. The van der Waals surface area contributed by atoms with E-state index in [1.54, 1.807) is 0 Å². The summed E-state index contributed by atoms with van der Waals surface area (Å²) in [5.74, 6) is 2.28. The minimum atomic E-state index is 0. The Hall–Kier alpha value is -1.35. The standard InChI is InChI=1S/C26H41N5O.HI/c1-2-27-26(29-16-8-15-28-25(32)22-11-6-12-22)31-18-14-24-23(20-31)13-7-17-30(24)19-21-9-4-3-5-10-21;/h3-5,9-10,22-24H,2,6-8,11-20H2,1H3,(H,27,29)(H,28,32);1H. The molecule has 4 rings (SSSR count). The number of hydrogen-bond donors (Lipinski definition) is 2. The number of hydrogen-bond acceptors (Lipinski definition) is 3. The molecule has 0 bridgehead atoms. The van der Waals surface area contributed by atoms with Gasteiger partial charge in [0.1, 0.15) is 0 Å². The van der Waals surface area contributed by atoms with Crippen molar-refractivity contribution in [2.45, 2.75) is 64.5 Å². The third kappa shape index (κ3) is 7.31. The maximum atomic E-state index is 12.0. The van der Waals surface area contributed by atoms with Crippen LogP contribution in [0.5, 0.6) is 0 Å². The number of piperidine rings is 2. The van der Waals surface area contributed by atoms with Crippen LogP contribution in [0.15, 0.2) is 35.3 Å². The van der Waals surface area contributed by atoms with Gasteiger partial charge in [0.25, 0.3) is 0 Å².